The molecular weight excluding hydrogens is 294 g/mol. The molecule has 2 nitrogen and oxygen atoms in total. The van der Waals surface area contributed by atoms with Gasteiger partial charge >= 0.3 is 0 Å². The first-order valence-electron chi connectivity index (χ1n) is 8.36. The fourth-order valence-electron chi connectivity index (χ4n) is 2.81. The van der Waals surface area contributed by atoms with Gasteiger partial charge in [-0.05, 0) is 30.0 Å². The minimum Gasteiger partial charge on any atom is -0.492 e. The molecule has 3 rings (SSSR count). The van der Waals surface area contributed by atoms with Crippen molar-refractivity contribution in [1.82, 2.24) is 5.32 Å². The van der Waals surface area contributed by atoms with E-state index in [2.05, 4.69) is 54.4 Å². The van der Waals surface area contributed by atoms with Crippen LogP contribution in [-0.2, 0) is 11.2 Å². The van der Waals surface area contributed by atoms with Crippen molar-refractivity contribution in [3.8, 4) is 0 Å². The molecule has 122 valence electrons. The van der Waals surface area contributed by atoms with Gasteiger partial charge in [0, 0.05) is 11.8 Å². The molecule has 0 unspecified atom stereocenters. The second-order valence-electron chi connectivity index (χ2n) is 5.92. The highest BCUT2D eigenvalue weighted by molar-refractivity contribution is 5.48. The third kappa shape index (κ3) is 4.63. The second kappa shape index (κ2) is 8.21. The Labute approximate surface area is 144 Å². The van der Waals surface area contributed by atoms with E-state index in [4.69, 9.17) is 4.74 Å². The lowest BCUT2D eigenvalue weighted by molar-refractivity contribution is 0.222. The highest BCUT2D eigenvalue weighted by Crippen LogP contribution is 2.20. The molecule has 0 aromatic heterocycles. The largest absolute Gasteiger partial charge is 0.492 e. The zero-order valence-electron chi connectivity index (χ0n) is 13.8. The Kier molecular flexibility index (Phi) is 5.52. The molecule has 0 amide bonds. The third-order valence-corrected chi connectivity index (χ3v) is 4.04. The topological polar surface area (TPSA) is 21.3 Å². The van der Waals surface area contributed by atoms with Crippen LogP contribution < -0.4 is 5.32 Å². The number of ether oxygens (including phenoxy) is 1. The van der Waals surface area contributed by atoms with Crippen LogP contribution in [0.25, 0.3) is 6.08 Å². The van der Waals surface area contributed by atoms with Gasteiger partial charge in [0.1, 0.15) is 12.4 Å². The Morgan fingerprint density at radius 1 is 1.00 bits per heavy atom. The number of rotatable bonds is 7. The first-order valence-corrected chi connectivity index (χ1v) is 8.36. The van der Waals surface area contributed by atoms with Crippen molar-refractivity contribution in [3.05, 3.63) is 102 Å². The van der Waals surface area contributed by atoms with Crippen LogP contribution in [0.3, 0.4) is 0 Å². The van der Waals surface area contributed by atoms with E-state index in [0.29, 0.717) is 6.61 Å². The molecule has 0 radical (unpaired) electrons. The first kappa shape index (κ1) is 16.1. The summed E-state index contributed by atoms with van der Waals surface area (Å²) in [5.74, 6) is 0.980. The highest BCUT2D eigenvalue weighted by atomic mass is 16.5. The van der Waals surface area contributed by atoms with Gasteiger partial charge in [-0.15, -0.1) is 0 Å². The number of aryl methyl sites for hydroxylation is 1. The summed E-state index contributed by atoms with van der Waals surface area (Å²) in [4.78, 5) is 0. The van der Waals surface area contributed by atoms with Gasteiger partial charge in [-0.3, -0.25) is 0 Å². The van der Waals surface area contributed by atoms with Crippen molar-refractivity contribution in [2.75, 3.05) is 6.61 Å². The normalized spacial score (nSPS) is 16.9. The van der Waals surface area contributed by atoms with Gasteiger partial charge in [0.05, 0.1) is 6.04 Å². The van der Waals surface area contributed by atoms with Crippen molar-refractivity contribution in [2.45, 2.75) is 18.9 Å². The fourth-order valence-corrected chi connectivity index (χ4v) is 2.81. The molecule has 1 aliphatic rings. The van der Waals surface area contributed by atoms with Gasteiger partial charge in [-0.25, -0.2) is 0 Å². The molecule has 2 heteroatoms. The van der Waals surface area contributed by atoms with E-state index in [9.17, 15) is 0 Å². The Morgan fingerprint density at radius 2 is 1.71 bits per heavy atom. The molecule has 0 saturated carbocycles. The molecular formula is C22H23NO. The molecule has 0 spiro atoms. The zero-order valence-corrected chi connectivity index (χ0v) is 13.8. The van der Waals surface area contributed by atoms with Gasteiger partial charge in [0.15, 0.2) is 0 Å². The van der Waals surface area contributed by atoms with E-state index in [0.717, 1.165) is 24.3 Å². The summed E-state index contributed by atoms with van der Waals surface area (Å²) in [5, 5.41) is 3.40. The molecule has 0 saturated heterocycles. The van der Waals surface area contributed by atoms with E-state index < -0.39 is 0 Å². The average molecular weight is 317 g/mol. The van der Waals surface area contributed by atoms with E-state index in [1.807, 2.05) is 36.4 Å². The van der Waals surface area contributed by atoms with Crippen LogP contribution in [0.5, 0.6) is 0 Å². The molecule has 24 heavy (non-hydrogen) atoms. The van der Waals surface area contributed by atoms with E-state index >= 15 is 0 Å². The first-order chi connectivity index (χ1) is 11.8. The lowest BCUT2D eigenvalue weighted by Gasteiger charge is -2.16. The monoisotopic (exact) mass is 317 g/mol. The number of hydrogen-bond donors (Lipinski definition) is 1. The van der Waals surface area contributed by atoms with Gasteiger partial charge < -0.3 is 10.1 Å². The summed E-state index contributed by atoms with van der Waals surface area (Å²) in [5.41, 5.74) is 3.46. The quantitative estimate of drug-likeness (QED) is 0.798. The van der Waals surface area contributed by atoms with Crippen LogP contribution in [0.1, 0.15) is 17.5 Å². The van der Waals surface area contributed by atoms with Crippen LogP contribution in [0.4, 0.5) is 0 Å². The molecule has 0 bridgehead atoms. The van der Waals surface area contributed by atoms with Crippen molar-refractivity contribution in [3.63, 3.8) is 0 Å². The van der Waals surface area contributed by atoms with E-state index in [1.54, 1.807) is 0 Å². The van der Waals surface area contributed by atoms with Crippen LogP contribution in [0.15, 0.2) is 90.9 Å². The SMILES string of the molecule is C=C1C=C(OC/C=C/c2ccccc2)[C@H](CCc2ccccc2)N1. The van der Waals surface area contributed by atoms with Crippen molar-refractivity contribution in [1.29, 1.82) is 0 Å². The van der Waals surface area contributed by atoms with Gasteiger partial charge in [-0.1, -0.05) is 73.3 Å². The summed E-state index contributed by atoms with van der Waals surface area (Å²) >= 11 is 0. The molecule has 1 atom stereocenters. The Morgan fingerprint density at radius 3 is 2.46 bits per heavy atom. The van der Waals surface area contributed by atoms with Crippen LogP contribution in [0.2, 0.25) is 0 Å². The van der Waals surface area contributed by atoms with E-state index in [-0.39, 0.29) is 6.04 Å². The molecule has 0 aliphatic carbocycles. The van der Waals surface area contributed by atoms with Crippen molar-refractivity contribution < 1.29 is 4.74 Å². The minimum absolute atomic E-state index is 0.211. The van der Waals surface area contributed by atoms with Gasteiger partial charge in [0.2, 0.25) is 0 Å². The van der Waals surface area contributed by atoms with Crippen LogP contribution in [0, 0.1) is 0 Å². The summed E-state index contributed by atoms with van der Waals surface area (Å²) in [7, 11) is 0. The Balaban J connectivity index is 1.50. The predicted octanol–water partition coefficient (Wildman–Crippen LogP) is 4.72. The molecule has 2 aromatic carbocycles. The number of hydrogen-bond acceptors (Lipinski definition) is 2. The van der Waals surface area contributed by atoms with Crippen LogP contribution in [-0.4, -0.2) is 12.6 Å². The maximum absolute atomic E-state index is 5.95. The van der Waals surface area contributed by atoms with Gasteiger partial charge in [-0.2, -0.15) is 0 Å². The summed E-state index contributed by atoms with van der Waals surface area (Å²) < 4.78 is 5.95. The van der Waals surface area contributed by atoms with Crippen LogP contribution >= 0.6 is 0 Å². The van der Waals surface area contributed by atoms with Gasteiger partial charge in [0.25, 0.3) is 0 Å². The molecule has 2 aromatic rings. The second-order valence-corrected chi connectivity index (χ2v) is 5.92. The molecule has 0 fully saturated rings. The summed E-state index contributed by atoms with van der Waals surface area (Å²) in [6, 6.07) is 21.0. The maximum Gasteiger partial charge on any atom is 0.121 e. The molecule has 1 heterocycles. The van der Waals surface area contributed by atoms with Crippen molar-refractivity contribution >= 4 is 6.08 Å². The smallest absolute Gasteiger partial charge is 0.121 e. The predicted molar refractivity (Wildman–Crippen MR) is 100 cm³/mol. The number of nitrogens with one attached hydrogen (secondary N) is 1. The Bertz CT molecular complexity index is 716. The van der Waals surface area contributed by atoms with Crippen molar-refractivity contribution in [2.24, 2.45) is 0 Å². The lowest BCUT2D eigenvalue weighted by atomic mass is 10.1. The minimum atomic E-state index is 0.211. The third-order valence-electron chi connectivity index (χ3n) is 4.04. The highest BCUT2D eigenvalue weighted by Gasteiger charge is 2.21. The van der Waals surface area contributed by atoms with E-state index in [1.165, 1.54) is 11.1 Å². The lowest BCUT2D eigenvalue weighted by Crippen LogP contribution is -2.25. The standard InChI is InChI=1S/C22H23NO/c1-18-17-22(24-16-8-13-19-9-4-2-5-10-19)21(23-18)15-14-20-11-6-3-7-12-20/h2-13,17,21,23H,1,14-16H2/b13-8+/t21-/m0/s1. The fraction of sp³-hybridized carbons (Fsp3) is 0.182. The average Bonchev–Trinajstić information content (AvgIpc) is 2.98. The molecule has 1 aliphatic heterocycles. The Hall–Kier alpha value is -2.74. The maximum atomic E-state index is 5.95. The number of allylic oxidation sites excluding steroid dienone is 1. The number of benzene rings is 2. The zero-order chi connectivity index (χ0) is 16.6. The molecule has 1 N–H and O–H groups in total. The summed E-state index contributed by atoms with van der Waals surface area (Å²) in [6.07, 6.45) is 8.15. The summed E-state index contributed by atoms with van der Waals surface area (Å²) in [6.45, 7) is 4.57.